The molecule has 0 amide bonds. The Labute approximate surface area is 95.1 Å². The normalized spacial score (nSPS) is 10.4. The molecule has 0 aliphatic carbocycles. The van der Waals surface area contributed by atoms with Gasteiger partial charge in [0.05, 0.1) is 13.2 Å². The summed E-state index contributed by atoms with van der Waals surface area (Å²) in [5, 5.41) is 0. The molecule has 4 heteroatoms. The smallest absolute Gasteiger partial charge is 0.315 e. The van der Waals surface area contributed by atoms with Gasteiger partial charge in [-0.15, -0.1) is 0 Å². The Kier molecular flexibility index (Phi) is 5.53. The van der Waals surface area contributed by atoms with Gasteiger partial charge in [0.25, 0.3) is 0 Å². The van der Waals surface area contributed by atoms with Crippen LogP contribution in [0.15, 0.2) is 24.3 Å². The molecule has 88 valence electrons. The molecule has 0 fully saturated rings. The molecule has 1 rings (SSSR count). The first-order valence-corrected chi connectivity index (χ1v) is 5.25. The maximum absolute atomic E-state index is 10.6. The molecule has 0 aliphatic heterocycles. The molecule has 0 radical (unpaired) electrons. The van der Waals surface area contributed by atoms with Crippen LogP contribution in [-0.2, 0) is 9.47 Å². The van der Waals surface area contributed by atoms with E-state index in [0.717, 1.165) is 6.29 Å². The number of ether oxygens (including phenoxy) is 3. The van der Waals surface area contributed by atoms with Crippen LogP contribution in [0, 0.1) is 0 Å². The minimum absolute atomic E-state index is 0.498. The summed E-state index contributed by atoms with van der Waals surface area (Å²) in [5.41, 5.74) is 0.559. The van der Waals surface area contributed by atoms with Crippen LogP contribution >= 0.6 is 0 Å². The third kappa shape index (κ3) is 4.00. The monoisotopic (exact) mass is 224 g/mol. The fourth-order valence-electron chi connectivity index (χ4n) is 1.16. The second-order valence-corrected chi connectivity index (χ2v) is 3.01. The maximum Gasteiger partial charge on any atom is 0.315 e. The van der Waals surface area contributed by atoms with Gasteiger partial charge < -0.3 is 14.2 Å². The summed E-state index contributed by atoms with van der Waals surface area (Å²) in [5.74, 6) is 0.552. The van der Waals surface area contributed by atoms with Crippen LogP contribution in [0.1, 0.15) is 24.2 Å². The topological polar surface area (TPSA) is 44.8 Å². The van der Waals surface area contributed by atoms with Crippen molar-refractivity contribution in [2.75, 3.05) is 13.2 Å². The predicted molar refractivity (Wildman–Crippen MR) is 59.5 cm³/mol. The minimum Gasteiger partial charge on any atom is -0.441 e. The van der Waals surface area contributed by atoms with Gasteiger partial charge in [0.2, 0.25) is 0 Å². The van der Waals surface area contributed by atoms with Crippen molar-refractivity contribution in [3.05, 3.63) is 29.8 Å². The lowest BCUT2D eigenvalue weighted by Crippen LogP contribution is -2.24. The molecule has 0 unspecified atom stereocenters. The van der Waals surface area contributed by atoms with E-state index in [0.29, 0.717) is 24.5 Å². The van der Waals surface area contributed by atoms with E-state index in [4.69, 9.17) is 14.2 Å². The van der Waals surface area contributed by atoms with E-state index in [1.54, 1.807) is 24.3 Å². The predicted octanol–water partition coefficient (Wildman–Crippen LogP) is 2.23. The third-order valence-electron chi connectivity index (χ3n) is 1.83. The number of rotatable bonds is 7. The summed E-state index contributed by atoms with van der Waals surface area (Å²) in [4.78, 5) is 10.6. The molecule has 0 bridgehead atoms. The standard InChI is InChI=1S/C12H16O4/c1-3-14-12(15-4-2)16-11-7-5-6-10(8-11)9-13/h5-9,12H,3-4H2,1-2H3. The Morgan fingerprint density at radius 2 is 1.94 bits per heavy atom. The average molecular weight is 224 g/mol. The van der Waals surface area contributed by atoms with Crippen molar-refractivity contribution in [3.8, 4) is 5.75 Å². The Bertz CT molecular complexity index is 319. The highest BCUT2D eigenvalue weighted by Crippen LogP contribution is 2.14. The molecule has 0 saturated carbocycles. The van der Waals surface area contributed by atoms with Crippen LogP contribution in [0.25, 0.3) is 0 Å². The second-order valence-electron chi connectivity index (χ2n) is 3.01. The zero-order valence-electron chi connectivity index (χ0n) is 9.51. The summed E-state index contributed by atoms with van der Waals surface area (Å²) < 4.78 is 15.9. The van der Waals surface area contributed by atoms with Crippen molar-refractivity contribution in [2.45, 2.75) is 20.3 Å². The number of aldehydes is 1. The first-order valence-electron chi connectivity index (χ1n) is 5.25. The molecule has 0 heterocycles. The molecule has 0 N–H and O–H groups in total. The van der Waals surface area contributed by atoms with Crippen LogP contribution in [0.2, 0.25) is 0 Å². The summed E-state index contributed by atoms with van der Waals surface area (Å²) in [7, 11) is 0. The third-order valence-corrected chi connectivity index (χ3v) is 1.83. The van der Waals surface area contributed by atoms with Crippen molar-refractivity contribution in [3.63, 3.8) is 0 Å². The van der Waals surface area contributed by atoms with Gasteiger partial charge in [-0.1, -0.05) is 12.1 Å². The average Bonchev–Trinajstić information content (AvgIpc) is 2.30. The summed E-state index contributed by atoms with van der Waals surface area (Å²) in [6, 6.07) is 6.83. The van der Waals surface area contributed by atoms with Crippen LogP contribution in [-0.4, -0.2) is 26.0 Å². The highest BCUT2D eigenvalue weighted by Gasteiger charge is 2.09. The highest BCUT2D eigenvalue weighted by atomic mass is 16.8. The molecule has 0 spiro atoms. The van der Waals surface area contributed by atoms with E-state index in [1.165, 1.54) is 0 Å². The van der Waals surface area contributed by atoms with Crippen molar-refractivity contribution in [1.29, 1.82) is 0 Å². The van der Waals surface area contributed by atoms with Gasteiger partial charge in [0, 0.05) is 5.56 Å². The number of benzene rings is 1. The van der Waals surface area contributed by atoms with E-state index in [-0.39, 0.29) is 0 Å². The molecule has 0 aliphatic rings. The number of carbonyl (C=O) groups is 1. The van der Waals surface area contributed by atoms with E-state index in [1.807, 2.05) is 13.8 Å². The molecular weight excluding hydrogens is 208 g/mol. The Balaban J connectivity index is 2.64. The number of hydrogen-bond donors (Lipinski definition) is 0. The van der Waals surface area contributed by atoms with Crippen LogP contribution in [0.4, 0.5) is 0 Å². The van der Waals surface area contributed by atoms with Crippen LogP contribution < -0.4 is 4.74 Å². The molecule has 4 nitrogen and oxygen atoms in total. The maximum atomic E-state index is 10.6. The lowest BCUT2D eigenvalue weighted by atomic mass is 10.2. The molecule has 1 aromatic rings. The van der Waals surface area contributed by atoms with E-state index in [9.17, 15) is 4.79 Å². The van der Waals surface area contributed by atoms with Gasteiger partial charge in [-0.3, -0.25) is 4.79 Å². The zero-order valence-corrected chi connectivity index (χ0v) is 9.51. The summed E-state index contributed by atoms with van der Waals surface area (Å²) in [6.07, 6.45) is 0.767. The molecular formula is C12H16O4. The first kappa shape index (κ1) is 12.7. The van der Waals surface area contributed by atoms with Crippen molar-refractivity contribution in [1.82, 2.24) is 0 Å². The zero-order chi connectivity index (χ0) is 11.8. The molecule has 1 aromatic carbocycles. The molecule has 0 aromatic heterocycles. The van der Waals surface area contributed by atoms with Gasteiger partial charge in [-0.2, -0.15) is 0 Å². The Hall–Kier alpha value is -1.39. The van der Waals surface area contributed by atoms with Crippen molar-refractivity contribution >= 4 is 6.29 Å². The largest absolute Gasteiger partial charge is 0.441 e. The van der Waals surface area contributed by atoms with Gasteiger partial charge in [-0.25, -0.2) is 0 Å². The highest BCUT2D eigenvalue weighted by molar-refractivity contribution is 5.75. The summed E-state index contributed by atoms with van der Waals surface area (Å²) >= 11 is 0. The van der Waals surface area contributed by atoms with Gasteiger partial charge >= 0.3 is 6.48 Å². The summed E-state index contributed by atoms with van der Waals surface area (Å²) in [6.45, 7) is 3.99. The second kappa shape index (κ2) is 6.98. The van der Waals surface area contributed by atoms with E-state index >= 15 is 0 Å². The van der Waals surface area contributed by atoms with Gasteiger partial charge in [0.15, 0.2) is 0 Å². The fraction of sp³-hybridized carbons (Fsp3) is 0.417. The molecule has 0 saturated heterocycles. The van der Waals surface area contributed by atoms with E-state index in [2.05, 4.69) is 0 Å². The van der Waals surface area contributed by atoms with Crippen LogP contribution in [0.3, 0.4) is 0 Å². The Morgan fingerprint density at radius 1 is 1.25 bits per heavy atom. The first-order chi connectivity index (χ1) is 7.80. The lowest BCUT2D eigenvalue weighted by molar-refractivity contribution is -0.242. The van der Waals surface area contributed by atoms with Crippen LogP contribution in [0.5, 0.6) is 5.75 Å². The number of carbonyl (C=O) groups excluding carboxylic acids is 1. The van der Waals surface area contributed by atoms with Crippen molar-refractivity contribution < 1.29 is 19.0 Å². The van der Waals surface area contributed by atoms with Crippen molar-refractivity contribution in [2.24, 2.45) is 0 Å². The fourth-order valence-corrected chi connectivity index (χ4v) is 1.16. The van der Waals surface area contributed by atoms with Gasteiger partial charge in [0.1, 0.15) is 12.0 Å². The quantitative estimate of drug-likeness (QED) is 0.526. The molecule has 16 heavy (non-hydrogen) atoms. The minimum atomic E-state index is -0.725. The Morgan fingerprint density at radius 3 is 2.50 bits per heavy atom. The molecule has 0 atom stereocenters. The SMILES string of the molecule is CCOC(OCC)Oc1cccc(C=O)c1. The number of hydrogen-bond acceptors (Lipinski definition) is 4. The lowest BCUT2D eigenvalue weighted by Gasteiger charge is -2.18. The van der Waals surface area contributed by atoms with E-state index < -0.39 is 6.48 Å². The van der Waals surface area contributed by atoms with Gasteiger partial charge in [-0.05, 0) is 26.0 Å².